The third-order valence-corrected chi connectivity index (χ3v) is 3.78. The minimum absolute atomic E-state index is 0.0335. The van der Waals surface area contributed by atoms with E-state index in [1.165, 1.54) is 10.5 Å². The Labute approximate surface area is 98.4 Å². The lowest BCUT2D eigenvalue weighted by molar-refractivity contribution is -0.119. The quantitative estimate of drug-likeness (QED) is 0.807. The van der Waals surface area contributed by atoms with Crippen LogP contribution in [0.2, 0.25) is 0 Å². The van der Waals surface area contributed by atoms with E-state index in [4.69, 9.17) is 11.6 Å². The van der Waals surface area contributed by atoms with Crippen molar-refractivity contribution < 1.29 is 4.79 Å². The standard InChI is InChI=1S/C11H12ClNOS/c12-7-11(14)13-9-5-6-15-10-4-2-1-3-8(9)10/h1-4,9H,5-7H2,(H,13,14). The van der Waals surface area contributed by atoms with Crippen LogP contribution in [0, 0.1) is 0 Å². The Kier molecular flexibility index (Phi) is 3.54. The van der Waals surface area contributed by atoms with Crippen molar-refractivity contribution in [2.24, 2.45) is 0 Å². The van der Waals surface area contributed by atoms with E-state index in [1.807, 2.05) is 23.9 Å². The van der Waals surface area contributed by atoms with Gasteiger partial charge in [-0.25, -0.2) is 0 Å². The topological polar surface area (TPSA) is 29.1 Å². The monoisotopic (exact) mass is 241 g/mol. The highest BCUT2D eigenvalue weighted by Gasteiger charge is 2.21. The predicted octanol–water partition coefficient (Wildman–Crippen LogP) is 2.58. The van der Waals surface area contributed by atoms with Crippen LogP contribution in [0.25, 0.3) is 0 Å². The van der Waals surface area contributed by atoms with Gasteiger partial charge in [0.15, 0.2) is 0 Å². The maximum absolute atomic E-state index is 11.2. The Morgan fingerprint density at radius 3 is 3.13 bits per heavy atom. The number of fused-ring (bicyclic) bond motifs is 1. The number of halogens is 1. The molecule has 1 aliphatic heterocycles. The predicted molar refractivity (Wildman–Crippen MR) is 63.4 cm³/mol. The van der Waals surface area contributed by atoms with Gasteiger partial charge in [-0.2, -0.15) is 0 Å². The van der Waals surface area contributed by atoms with Gasteiger partial charge in [0.05, 0.1) is 6.04 Å². The molecular weight excluding hydrogens is 230 g/mol. The van der Waals surface area contributed by atoms with E-state index in [9.17, 15) is 4.79 Å². The van der Waals surface area contributed by atoms with Crippen LogP contribution in [0.1, 0.15) is 18.0 Å². The molecule has 0 bridgehead atoms. The van der Waals surface area contributed by atoms with Gasteiger partial charge in [0.25, 0.3) is 0 Å². The molecule has 0 fully saturated rings. The molecule has 4 heteroatoms. The first kappa shape index (κ1) is 10.8. The summed E-state index contributed by atoms with van der Waals surface area (Å²) in [6.07, 6.45) is 0.976. The summed E-state index contributed by atoms with van der Waals surface area (Å²) in [4.78, 5) is 12.5. The molecule has 1 atom stereocenters. The summed E-state index contributed by atoms with van der Waals surface area (Å²) in [5.41, 5.74) is 1.22. The summed E-state index contributed by atoms with van der Waals surface area (Å²) in [6.45, 7) is 0. The molecule has 0 aromatic heterocycles. The van der Waals surface area contributed by atoms with Crippen molar-refractivity contribution in [1.29, 1.82) is 0 Å². The second kappa shape index (κ2) is 4.90. The van der Waals surface area contributed by atoms with Crippen molar-refractivity contribution in [1.82, 2.24) is 5.32 Å². The number of alkyl halides is 1. The van der Waals surface area contributed by atoms with Gasteiger partial charge in [-0.05, 0) is 18.1 Å². The van der Waals surface area contributed by atoms with Gasteiger partial charge < -0.3 is 5.32 Å². The summed E-state index contributed by atoms with van der Waals surface area (Å²) < 4.78 is 0. The molecule has 2 nitrogen and oxygen atoms in total. The van der Waals surface area contributed by atoms with E-state index >= 15 is 0 Å². The third kappa shape index (κ3) is 2.47. The molecule has 1 unspecified atom stereocenters. The number of amides is 1. The summed E-state index contributed by atoms with van der Waals surface area (Å²) in [5.74, 6) is 0.985. The average molecular weight is 242 g/mol. The highest BCUT2D eigenvalue weighted by atomic mass is 35.5. The van der Waals surface area contributed by atoms with Gasteiger partial charge in [-0.15, -0.1) is 23.4 Å². The highest BCUT2D eigenvalue weighted by Crippen LogP contribution is 2.35. The van der Waals surface area contributed by atoms with Crippen molar-refractivity contribution in [3.63, 3.8) is 0 Å². The fourth-order valence-electron chi connectivity index (χ4n) is 1.72. The summed E-state index contributed by atoms with van der Waals surface area (Å²) in [5, 5.41) is 2.94. The van der Waals surface area contributed by atoms with Crippen molar-refractivity contribution >= 4 is 29.3 Å². The summed E-state index contributed by atoms with van der Waals surface area (Å²) in [6, 6.07) is 8.33. The van der Waals surface area contributed by atoms with Gasteiger partial charge in [0, 0.05) is 10.6 Å². The van der Waals surface area contributed by atoms with E-state index < -0.39 is 0 Å². The Bertz CT molecular complexity index is 369. The van der Waals surface area contributed by atoms with Gasteiger partial charge in [-0.3, -0.25) is 4.79 Å². The second-order valence-electron chi connectivity index (χ2n) is 3.43. The zero-order chi connectivity index (χ0) is 10.7. The normalized spacial score (nSPS) is 19.4. The molecule has 0 saturated carbocycles. The number of rotatable bonds is 2. The van der Waals surface area contributed by atoms with Crippen LogP contribution >= 0.6 is 23.4 Å². The smallest absolute Gasteiger partial charge is 0.235 e. The number of benzene rings is 1. The van der Waals surface area contributed by atoms with Gasteiger partial charge in [0.1, 0.15) is 5.88 Å². The Morgan fingerprint density at radius 1 is 1.53 bits per heavy atom. The van der Waals surface area contributed by atoms with Gasteiger partial charge in [-0.1, -0.05) is 18.2 Å². The molecule has 1 aromatic rings. The van der Waals surface area contributed by atoms with Crippen LogP contribution in [0.5, 0.6) is 0 Å². The van der Waals surface area contributed by atoms with Crippen LogP contribution in [-0.2, 0) is 4.79 Å². The van der Waals surface area contributed by atoms with E-state index in [2.05, 4.69) is 17.4 Å². The second-order valence-corrected chi connectivity index (χ2v) is 4.83. The first-order valence-corrected chi connectivity index (χ1v) is 6.40. The summed E-state index contributed by atoms with van der Waals surface area (Å²) in [7, 11) is 0. The number of hydrogen-bond donors (Lipinski definition) is 1. The zero-order valence-corrected chi connectivity index (χ0v) is 9.77. The van der Waals surface area contributed by atoms with E-state index in [-0.39, 0.29) is 17.8 Å². The summed E-state index contributed by atoms with van der Waals surface area (Å²) >= 11 is 7.32. The molecule has 1 heterocycles. The third-order valence-electron chi connectivity index (χ3n) is 2.42. The zero-order valence-electron chi connectivity index (χ0n) is 8.20. The van der Waals surface area contributed by atoms with Gasteiger partial charge in [0.2, 0.25) is 5.91 Å². The Balaban J connectivity index is 2.18. The lowest BCUT2D eigenvalue weighted by Gasteiger charge is -2.25. The van der Waals surface area contributed by atoms with Crippen molar-refractivity contribution in [3.8, 4) is 0 Å². The molecule has 1 N–H and O–H groups in total. The minimum Gasteiger partial charge on any atom is -0.348 e. The maximum atomic E-state index is 11.2. The fraction of sp³-hybridized carbons (Fsp3) is 0.364. The molecule has 0 aliphatic carbocycles. The highest BCUT2D eigenvalue weighted by molar-refractivity contribution is 7.99. The van der Waals surface area contributed by atoms with Crippen molar-refractivity contribution in [3.05, 3.63) is 29.8 Å². The molecule has 0 radical (unpaired) electrons. The molecule has 80 valence electrons. The molecule has 0 spiro atoms. The van der Waals surface area contributed by atoms with Crippen molar-refractivity contribution in [2.75, 3.05) is 11.6 Å². The lowest BCUT2D eigenvalue weighted by atomic mass is 10.0. The maximum Gasteiger partial charge on any atom is 0.235 e. The Morgan fingerprint density at radius 2 is 2.33 bits per heavy atom. The number of nitrogens with one attached hydrogen (secondary N) is 1. The molecular formula is C11H12ClNOS. The lowest BCUT2D eigenvalue weighted by Crippen LogP contribution is -2.31. The Hall–Kier alpha value is -0.670. The molecule has 1 aliphatic rings. The van der Waals surface area contributed by atoms with Crippen LogP contribution in [0.4, 0.5) is 0 Å². The molecule has 1 aromatic carbocycles. The fourth-order valence-corrected chi connectivity index (χ4v) is 2.93. The van der Waals surface area contributed by atoms with E-state index in [1.54, 1.807) is 0 Å². The molecule has 15 heavy (non-hydrogen) atoms. The first-order chi connectivity index (χ1) is 7.31. The first-order valence-electron chi connectivity index (χ1n) is 4.88. The van der Waals surface area contributed by atoms with Crippen LogP contribution in [0.15, 0.2) is 29.2 Å². The average Bonchev–Trinajstić information content (AvgIpc) is 2.29. The molecule has 2 rings (SSSR count). The minimum atomic E-state index is -0.0941. The number of thioether (sulfide) groups is 1. The van der Waals surface area contributed by atoms with E-state index in [0.717, 1.165) is 12.2 Å². The van der Waals surface area contributed by atoms with Crippen molar-refractivity contribution in [2.45, 2.75) is 17.4 Å². The van der Waals surface area contributed by atoms with Crippen LogP contribution in [-0.4, -0.2) is 17.5 Å². The SMILES string of the molecule is O=C(CCl)NC1CCSc2ccccc21. The number of carbonyl (C=O) groups excluding carboxylic acids is 1. The van der Waals surface area contributed by atoms with E-state index in [0.29, 0.717) is 0 Å². The van der Waals surface area contributed by atoms with Gasteiger partial charge >= 0.3 is 0 Å². The van der Waals surface area contributed by atoms with Crippen LogP contribution < -0.4 is 5.32 Å². The number of hydrogen-bond acceptors (Lipinski definition) is 2. The van der Waals surface area contributed by atoms with Crippen LogP contribution in [0.3, 0.4) is 0 Å². The largest absolute Gasteiger partial charge is 0.348 e. The molecule has 1 amide bonds. The molecule has 0 saturated heterocycles. The number of carbonyl (C=O) groups is 1.